The van der Waals surface area contributed by atoms with Gasteiger partial charge >= 0.3 is 0 Å². The van der Waals surface area contributed by atoms with Gasteiger partial charge in [-0.15, -0.1) is 0 Å². The lowest BCUT2D eigenvalue weighted by Gasteiger charge is -2.15. The molecule has 0 unspecified atom stereocenters. The molecule has 8 heteroatoms. The molecule has 0 saturated heterocycles. The average Bonchev–Trinajstić information content (AvgIpc) is 2.61. The van der Waals surface area contributed by atoms with Gasteiger partial charge in [0.25, 0.3) is 5.91 Å². The molecule has 0 bridgehead atoms. The van der Waals surface area contributed by atoms with Crippen molar-refractivity contribution in [2.75, 3.05) is 20.7 Å². The Labute approximate surface area is 158 Å². The Morgan fingerprint density at radius 1 is 1.19 bits per heavy atom. The van der Waals surface area contributed by atoms with E-state index in [2.05, 4.69) is 5.32 Å². The number of hydrogen-bond acceptors (Lipinski definition) is 4. The van der Waals surface area contributed by atoms with Gasteiger partial charge in [-0.05, 0) is 42.3 Å². The summed E-state index contributed by atoms with van der Waals surface area (Å²) in [7, 11) is -0.651. The fraction of sp³-hybridized carbons (Fsp3) is 0.278. The van der Waals surface area contributed by atoms with E-state index >= 15 is 0 Å². The van der Waals surface area contributed by atoms with Gasteiger partial charge in [-0.3, -0.25) is 4.79 Å². The first-order valence-electron chi connectivity index (χ1n) is 7.88. The molecule has 0 heterocycles. The highest BCUT2D eigenvalue weighted by Crippen LogP contribution is 2.21. The molecule has 26 heavy (non-hydrogen) atoms. The number of benzene rings is 2. The van der Waals surface area contributed by atoms with Crippen LogP contribution in [-0.2, 0) is 21.4 Å². The van der Waals surface area contributed by atoms with Crippen molar-refractivity contribution in [3.63, 3.8) is 0 Å². The van der Waals surface area contributed by atoms with Crippen molar-refractivity contribution in [2.45, 2.75) is 18.4 Å². The van der Waals surface area contributed by atoms with Crippen LogP contribution in [0, 0.1) is 6.92 Å². The largest absolute Gasteiger partial charge is 0.484 e. The van der Waals surface area contributed by atoms with Gasteiger partial charge in [0.2, 0.25) is 10.0 Å². The fourth-order valence-electron chi connectivity index (χ4n) is 2.20. The molecule has 0 radical (unpaired) electrons. The molecule has 0 aliphatic rings. The van der Waals surface area contributed by atoms with Crippen LogP contribution in [0.25, 0.3) is 0 Å². The summed E-state index contributed by atoms with van der Waals surface area (Å²) in [6.07, 6.45) is 0. The molecule has 0 saturated carbocycles. The zero-order valence-electron chi connectivity index (χ0n) is 14.8. The summed E-state index contributed by atoms with van der Waals surface area (Å²) in [5.74, 6) is 0.187. The third-order valence-electron chi connectivity index (χ3n) is 3.71. The lowest BCUT2D eigenvalue weighted by molar-refractivity contribution is -0.123. The van der Waals surface area contributed by atoms with E-state index in [0.29, 0.717) is 16.3 Å². The van der Waals surface area contributed by atoms with Gasteiger partial charge in [-0.1, -0.05) is 29.8 Å². The third-order valence-corrected chi connectivity index (χ3v) is 6.05. The Bertz CT molecular complexity index is 898. The number of carbonyl (C=O) groups is 1. The molecule has 0 aliphatic heterocycles. The minimum absolute atomic E-state index is 0.0884. The normalized spacial score (nSPS) is 11.4. The van der Waals surface area contributed by atoms with E-state index in [9.17, 15) is 13.2 Å². The van der Waals surface area contributed by atoms with E-state index in [1.54, 1.807) is 36.4 Å². The maximum Gasteiger partial charge on any atom is 0.258 e. The van der Waals surface area contributed by atoms with Gasteiger partial charge < -0.3 is 10.1 Å². The molecular weight excluding hydrogens is 376 g/mol. The Balaban J connectivity index is 1.99. The average molecular weight is 397 g/mol. The predicted octanol–water partition coefficient (Wildman–Crippen LogP) is 2.59. The Morgan fingerprint density at radius 3 is 2.54 bits per heavy atom. The summed E-state index contributed by atoms with van der Waals surface area (Å²) in [4.78, 5) is 12.2. The number of rotatable bonds is 7. The summed E-state index contributed by atoms with van der Waals surface area (Å²) in [6.45, 7) is 1.76. The quantitative estimate of drug-likeness (QED) is 0.780. The molecule has 6 nitrogen and oxygen atoms in total. The van der Waals surface area contributed by atoms with Gasteiger partial charge in [-0.2, -0.15) is 0 Å². The topological polar surface area (TPSA) is 75.7 Å². The van der Waals surface area contributed by atoms with Crippen LogP contribution in [0.2, 0.25) is 5.02 Å². The molecule has 0 fully saturated rings. The van der Waals surface area contributed by atoms with Crippen LogP contribution in [0.15, 0.2) is 47.4 Å². The second kappa shape index (κ2) is 8.53. The van der Waals surface area contributed by atoms with Crippen LogP contribution >= 0.6 is 11.6 Å². The van der Waals surface area contributed by atoms with Crippen LogP contribution in [0.4, 0.5) is 0 Å². The first kappa shape index (κ1) is 20.2. The lowest BCUT2D eigenvalue weighted by atomic mass is 10.2. The number of halogens is 1. The smallest absolute Gasteiger partial charge is 0.258 e. The molecule has 0 spiro atoms. The number of amides is 1. The van der Waals surface area contributed by atoms with Crippen molar-refractivity contribution in [1.82, 2.24) is 9.62 Å². The Hall–Kier alpha value is -2.09. The van der Waals surface area contributed by atoms with Crippen molar-refractivity contribution in [1.29, 1.82) is 0 Å². The second-order valence-corrected chi connectivity index (χ2v) is 8.40. The monoisotopic (exact) mass is 396 g/mol. The maximum absolute atomic E-state index is 12.3. The highest BCUT2D eigenvalue weighted by molar-refractivity contribution is 7.89. The number of nitrogens with one attached hydrogen (secondary N) is 1. The molecule has 140 valence electrons. The van der Waals surface area contributed by atoms with Gasteiger partial charge in [-0.25, -0.2) is 12.7 Å². The van der Waals surface area contributed by atoms with Crippen LogP contribution in [0.5, 0.6) is 5.75 Å². The Morgan fingerprint density at radius 2 is 1.88 bits per heavy atom. The lowest BCUT2D eigenvalue weighted by Crippen LogP contribution is -2.30. The number of nitrogens with zero attached hydrogens (tertiary/aromatic N) is 1. The summed E-state index contributed by atoms with van der Waals surface area (Å²) in [5.41, 5.74) is 1.37. The second-order valence-electron chi connectivity index (χ2n) is 5.87. The highest BCUT2D eigenvalue weighted by atomic mass is 35.5. The van der Waals surface area contributed by atoms with E-state index in [0.717, 1.165) is 9.87 Å². The molecule has 0 aliphatic carbocycles. The van der Waals surface area contributed by atoms with Gasteiger partial charge in [0.1, 0.15) is 5.75 Å². The molecule has 2 aromatic rings. The van der Waals surface area contributed by atoms with E-state index in [4.69, 9.17) is 16.3 Å². The minimum Gasteiger partial charge on any atom is -0.484 e. The number of ether oxygens (including phenoxy) is 1. The van der Waals surface area contributed by atoms with Gasteiger partial charge in [0.05, 0.1) is 4.90 Å². The third kappa shape index (κ3) is 4.97. The number of hydrogen-bond donors (Lipinski definition) is 1. The van der Waals surface area contributed by atoms with Gasteiger partial charge in [0.15, 0.2) is 6.61 Å². The highest BCUT2D eigenvalue weighted by Gasteiger charge is 2.20. The van der Waals surface area contributed by atoms with Crippen LogP contribution in [0.3, 0.4) is 0 Å². The zero-order valence-corrected chi connectivity index (χ0v) is 16.4. The van der Waals surface area contributed by atoms with E-state index in [-0.39, 0.29) is 24.0 Å². The molecule has 2 aromatic carbocycles. The van der Waals surface area contributed by atoms with Crippen molar-refractivity contribution < 1.29 is 17.9 Å². The predicted molar refractivity (Wildman–Crippen MR) is 101 cm³/mol. The summed E-state index contributed by atoms with van der Waals surface area (Å²) in [5, 5.41) is 3.30. The van der Waals surface area contributed by atoms with Crippen LogP contribution < -0.4 is 10.1 Å². The van der Waals surface area contributed by atoms with Crippen molar-refractivity contribution in [3.8, 4) is 5.75 Å². The molecule has 1 amide bonds. The summed E-state index contributed by atoms with van der Waals surface area (Å²) in [6, 6.07) is 11.7. The van der Waals surface area contributed by atoms with Crippen molar-refractivity contribution in [2.24, 2.45) is 0 Å². The molecular formula is C18H21ClN2O4S. The van der Waals surface area contributed by atoms with Crippen LogP contribution in [0.1, 0.15) is 11.1 Å². The zero-order chi connectivity index (χ0) is 19.3. The number of sulfonamides is 1. The molecule has 0 aromatic heterocycles. The number of aryl methyl sites for hydroxylation is 1. The Kier molecular flexibility index (Phi) is 6.63. The SMILES string of the molecule is Cc1cc(OCC(=O)NCc2ccccc2S(=O)(=O)N(C)C)ccc1Cl. The molecule has 2 rings (SSSR count). The number of carbonyl (C=O) groups excluding carboxylic acids is 1. The molecule has 0 atom stereocenters. The van der Waals surface area contributed by atoms with E-state index < -0.39 is 10.0 Å². The first-order valence-corrected chi connectivity index (χ1v) is 9.69. The fourth-order valence-corrected chi connectivity index (χ4v) is 3.43. The summed E-state index contributed by atoms with van der Waals surface area (Å²) < 4.78 is 31.3. The maximum atomic E-state index is 12.3. The van der Waals surface area contributed by atoms with Crippen molar-refractivity contribution >= 4 is 27.5 Å². The minimum atomic E-state index is -3.58. The van der Waals surface area contributed by atoms with E-state index in [1.165, 1.54) is 20.2 Å². The standard InChI is InChI=1S/C18H21ClN2O4S/c1-13-10-15(8-9-16(13)19)25-12-18(22)20-11-14-6-4-5-7-17(14)26(23,24)21(2)3/h4-10H,11-12H2,1-3H3,(H,20,22). The van der Waals surface area contributed by atoms with Gasteiger partial charge in [0, 0.05) is 25.7 Å². The van der Waals surface area contributed by atoms with Crippen molar-refractivity contribution in [3.05, 3.63) is 58.6 Å². The van der Waals surface area contributed by atoms with E-state index in [1.807, 2.05) is 6.92 Å². The first-order chi connectivity index (χ1) is 12.2. The molecule has 1 N–H and O–H groups in total. The summed E-state index contributed by atoms with van der Waals surface area (Å²) >= 11 is 5.95. The van der Waals surface area contributed by atoms with Crippen LogP contribution in [-0.4, -0.2) is 39.3 Å².